The molecule has 0 aromatic carbocycles. The van der Waals surface area contributed by atoms with E-state index in [9.17, 15) is 13.6 Å². The molecule has 0 saturated carbocycles. The summed E-state index contributed by atoms with van der Waals surface area (Å²) in [4.78, 5) is 19.1. The van der Waals surface area contributed by atoms with Crippen LogP contribution in [0.3, 0.4) is 0 Å². The highest BCUT2D eigenvalue weighted by Gasteiger charge is 2.50. The van der Waals surface area contributed by atoms with Gasteiger partial charge in [-0.25, -0.2) is 13.8 Å². The molecule has 3 heterocycles. The Morgan fingerprint density at radius 3 is 2.95 bits per heavy atom. The van der Waals surface area contributed by atoms with Gasteiger partial charge in [0.05, 0.1) is 19.3 Å². The Morgan fingerprint density at radius 1 is 1.55 bits per heavy atom. The average Bonchev–Trinajstić information content (AvgIpc) is 3.02. The molecule has 6 nitrogen and oxygen atoms in total. The Labute approximate surface area is 127 Å². The number of carbonyl (C=O) groups is 1. The van der Waals surface area contributed by atoms with Gasteiger partial charge < -0.3 is 14.1 Å². The van der Waals surface area contributed by atoms with E-state index in [0.717, 1.165) is 0 Å². The molecule has 0 radical (unpaired) electrons. The van der Waals surface area contributed by atoms with Gasteiger partial charge in [-0.2, -0.15) is 0 Å². The maximum Gasteiger partial charge on any atom is 0.291 e. The first-order valence-corrected chi connectivity index (χ1v) is 7.39. The highest BCUT2D eigenvalue weighted by molar-refractivity contribution is 5.91. The summed E-state index contributed by atoms with van der Waals surface area (Å²) in [5.41, 5.74) is 0. The molecule has 0 aliphatic carbocycles. The summed E-state index contributed by atoms with van der Waals surface area (Å²) in [6, 6.07) is -0.340. The van der Waals surface area contributed by atoms with Gasteiger partial charge in [0, 0.05) is 38.2 Å². The first kappa shape index (κ1) is 15.4. The first-order valence-electron chi connectivity index (χ1n) is 7.39. The van der Waals surface area contributed by atoms with Gasteiger partial charge in [0.2, 0.25) is 5.76 Å². The van der Waals surface area contributed by atoms with E-state index in [4.69, 9.17) is 9.15 Å². The zero-order valence-corrected chi connectivity index (χ0v) is 12.4. The molecule has 2 aliphatic heterocycles. The van der Waals surface area contributed by atoms with Crippen LogP contribution in [-0.2, 0) is 4.74 Å². The van der Waals surface area contributed by atoms with Crippen molar-refractivity contribution in [2.24, 2.45) is 0 Å². The lowest BCUT2D eigenvalue weighted by Crippen LogP contribution is -2.62. The number of nitrogens with zero attached hydrogens (tertiary/aromatic N) is 3. The molecule has 22 heavy (non-hydrogen) atoms. The van der Waals surface area contributed by atoms with Crippen LogP contribution in [0.4, 0.5) is 8.78 Å². The van der Waals surface area contributed by atoms with Crippen LogP contribution in [0, 0.1) is 0 Å². The van der Waals surface area contributed by atoms with Crippen LogP contribution in [0.5, 0.6) is 0 Å². The predicted octanol–water partition coefficient (Wildman–Crippen LogP) is 1.25. The molecule has 0 spiro atoms. The quantitative estimate of drug-likeness (QED) is 0.818. The SMILES string of the molecule is CCOC[C@@H]1CC(F)(F)CN1C1CN(C(=O)c2cnco2)C1. The zero-order valence-electron chi connectivity index (χ0n) is 12.4. The molecule has 0 N–H and O–H groups in total. The zero-order chi connectivity index (χ0) is 15.7. The Kier molecular flexibility index (Phi) is 4.14. The molecule has 122 valence electrons. The van der Waals surface area contributed by atoms with Crippen molar-refractivity contribution in [3.05, 3.63) is 18.4 Å². The van der Waals surface area contributed by atoms with Gasteiger partial charge in [-0.1, -0.05) is 0 Å². The number of hydrogen-bond acceptors (Lipinski definition) is 5. The van der Waals surface area contributed by atoms with Gasteiger partial charge in [0.1, 0.15) is 0 Å². The number of hydrogen-bond donors (Lipinski definition) is 0. The molecule has 1 aromatic rings. The number of carbonyl (C=O) groups excluding carboxylic acids is 1. The molecule has 8 heteroatoms. The second kappa shape index (κ2) is 5.92. The fourth-order valence-electron chi connectivity index (χ4n) is 3.07. The van der Waals surface area contributed by atoms with Crippen molar-refractivity contribution in [2.45, 2.75) is 31.4 Å². The molecule has 1 atom stereocenters. The second-order valence-corrected chi connectivity index (χ2v) is 5.78. The van der Waals surface area contributed by atoms with Crippen molar-refractivity contribution in [3.8, 4) is 0 Å². The van der Waals surface area contributed by atoms with Gasteiger partial charge in [-0.05, 0) is 6.92 Å². The third kappa shape index (κ3) is 2.98. The minimum Gasteiger partial charge on any atom is -0.438 e. The number of alkyl halides is 2. The van der Waals surface area contributed by atoms with Gasteiger partial charge in [0.15, 0.2) is 6.39 Å². The Morgan fingerprint density at radius 2 is 2.32 bits per heavy atom. The third-order valence-corrected chi connectivity index (χ3v) is 4.19. The van der Waals surface area contributed by atoms with E-state index in [1.54, 1.807) is 9.80 Å². The lowest BCUT2D eigenvalue weighted by molar-refractivity contribution is -0.0156. The summed E-state index contributed by atoms with van der Waals surface area (Å²) in [6.45, 7) is 3.25. The predicted molar refractivity (Wildman–Crippen MR) is 72.7 cm³/mol. The molecule has 0 bridgehead atoms. The summed E-state index contributed by atoms with van der Waals surface area (Å²) in [5, 5.41) is 0. The highest BCUT2D eigenvalue weighted by Crippen LogP contribution is 2.35. The van der Waals surface area contributed by atoms with E-state index in [0.29, 0.717) is 26.3 Å². The first-order chi connectivity index (χ1) is 10.5. The minimum atomic E-state index is -2.68. The Balaban J connectivity index is 1.57. The maximum absolute atomic E-state index is 13.7. The number of rotatable bonds is 5. The minimum absolute atomic E-state index is 0.0503. The van der Waals surface area contributed by atoms with Crippen LogP contribution in [0.15, 0.2) is 17.0 Å². The van der Waals surface area contributed by atoms with Crippen LogP contribution in [-0.4, -0.2) is 71.5 Å². The Hall–Kier alpha value is -1.54. The van der Waals surface area contributed by atoms with E-state index in [2.05, 4.69) is 4.98 Å². The Bertz CT molecular complexity index is 517. The van der Waals surface area contributed by atoms with Crippen molar-refractivity contribution in [1.82, 2.24) is 14.8 Å². The standard InChI is InChI=1S/C14H19F2N3O3/c1-2-21-7-10-3-14(15,16)8-19(10)11-5-18(6-11)13(20)12-4-17-9-22-12/h4,9-11H,2-3,5-8H2,1H3/t10-/m0/s1. The number of aromatic nitrogens is 1. The number of amides is 1. The fraction of sp³-hybridized carbons (Fsp3) is 0.714. The van der Waals surface area contributed by atoms with Crippen molar-refractivity contribution in [3.63, 3.8) is 0 Å². The fourth-order valence-corrected chi connectivity index (χ4v) is 3.07. The summed E-state index contributed by atoms with van der Waals surface area (Å²) >= 11 is 0. The second-order valence-electron chi connectivity index (χ2n) is 5.78. The van der Waals surface area contributed by atoms with Crippen molar-refractivity contribution >= 4 is 5.91 Å². The monoisotopic (exact) mass is 315 g/mol. The molecule has 0 unspecified atom stereocenters. The molecule has 2 fully saturated rings. The van der Waals surface area contributed by atoms with Crippen molar-refractivity contribution < 1.29 is 22.7 Å². The van der Waals surface area contributed by atoms with Crippen LogP contribution >= 0.6 is 0 Å². The number of oxazole rings is 1. The van der Waals surface area contributed by atoms with Crippen molar-refractivity contribution in [1.29, 1.82) is 0 Å². The van der Waals surface area contributed by atoms with Gasteiger partial charge >= 0.3 is 0 Å². The summed E-state index contributed by atoms with van der Waals surface area (Å²) < 4.78 is 37.6. The summed E-state index contributed by atoms with van der Waals surface area (Å²) in [6.07, 6.45) is 2.38. The average molecular weight is 315 g/mol. The molecule has 1 amide bonds. The normalized spacial score (nSPS) is 25.4. The van der Waals surface area contributed by atoms with Gasteiger partial charge in [-0.3, -0.25) is 9.69 Å². The van der Waals surface area contributed by atoms with E-state index < -0.39 is 5.92 Å². The lowest BCUT2D eigenvalue weighted by Gasteiger charge is -2.45. The number of ether oxygens (including phenoxy) is 1. The number of likely N-dealkylation sites (tertiary alicyclic amines) is 2. The lowest BCUT2D eigenvalue weighted by atomic mass is 10.1. The van der Waals surface area contributed by atoms with Gasteiger partial charge in [0.25, 0.3) is 11.8 Å². The van der Waals surface area contributed by atoms with Crippen LogP contribution in [0.1, 0.15) is 23.9 Å². The number of halogens is 2. The topological polar surface area (TPSA) is 58.8 Å². The third-order valence-electron chi connectivity index (χ3n) is 4.19. The van der Waals surface area contributed by atoms with E-state index >= 15 is 0 Å². The maximum atomic E-state index is 13.7. The smallest absolute Gasteiger partial charge is 0.291 e. The molecule has 1 aromatic heterocycles. The van der Waals surface area contributed by atoms with E-state index in [-0.39, 0.29) is 36.7 Å². The molecule has 2 saturated heterocycles. The molecule has 2 aliphatic rings. The molecular weight excluding hydrogens is 296 g/mol. The van der Waals surface area contributed by atoms with E-state index in [1.807, 2.05) is 6.92 Å². The van der Waals surface area contributed by atoms with Crippen molar-refractivity contribution in [2.75, 3.05) is 32.8 Å². The summed E-state index contributed by atoms with van der Waals surface area (Å²) in [7, 11) is 0. The molecule has 3 rings (SSSR count). The van der Waals surface area contributed by atoms with Crippen LogP contribution in [0.2, 0.25) is 0 Å². The van der Waals surface area contributed by atoms with Crippen LogP contribution < -0.4 is 0 Å². The van der Waals surface area contributed by atoms with Gasteiger partial charge in [-0.15, -0.1) is 0 Å². The highest BCUT2D eigenvalue weighted by atomic mass is 19.3. The van der Waals surface area contributed by atoms with Crippen LogP contribution in [0.25, 0.3) is 0 Å². The summed E-state index contributed by atoms with van der Waals surface area (Å²) in [5.74, 6) is -2.76. The largest absolute Gasteiger partial charge is 0.438 e. The molecular formula is C14H19F2N3O3. The van der Waals surface area contributed by atoms with E-state index in [1.165, 1.54) is 12.6 Å².